The molecule has 1 atom stereocenters. The van der Waals surface area contributed by atoms with Crippen LogP contribution < -0.4 is 0 Å². The molecular weight excluding hydrogens is 460 g/mol. The molecule has 0 aliphatic heterocycles. The molecule has 9 heteroatoms. The lowest BCUT2D eigenvalue weighted by atomic mass is 10.2. The topological polar surface area (TPSA) is 93.6 Å². The van der Waals surface area contributed by atoms with E-state index in [-0.39, 0.29) is 22.4 Å². The second-order valence-corrected chi connectivity index (χ2v) is 11.5. The third kappa shape index (κ3) is 5.97. The number of rotatable bonds is 11. The Bertz CT molecular complexity index is 1280. The van der Waals surface area contributed by atoms with Crippen LogP contribution in [-0.2, 0) is 24.3 Å². The van der Waals surface area contributed by atoms with E-state index in [0.29, 0.717) is 31.2 Å². The van der Waals surface area contributed by atoms with Gasteiger partial charge in [0.25, 0.3) is 10.1 Å². The van der Waals surface area contributed by atoms with Crippen LogP contribution in [0, 0.1) is 6.92 Å². The molecule has 1 heterocycles. The summed E-state index contributed by atoms with van der Waals surface area (Å²) in [6.07, 6.45) is 4.76. The van der Waals surface area contributed by atoms with Gasteiger partial charge in [-0.05, 0) is 57.4 Å². The van der Waals surface area contributed by atoms with Crippen LogP contribution in [0.25, 0.3) is 10.8 Å². The van der Waals surface area contributed by atoms with Gasteiger partial charge in [-0.15, -0.1) is 0 Å². The van der Waals surface area contributed by atoms with Crippen LogP contribution in [0.5, 0.6) is 0 Å². The fourth-order valence-electron chi connectivity index (χ4n) is 3.71. The van der Waals surface area contributed by atoms with E-state index in [0.717, 1.165) is 10.9 Å². The lowest BCUT2D eigenvalue weighted by Crippen LogP contribution is -2.39. The summed E-state index contributed by atoms with van der Waals surface area (Å²) in [5.41, 5.74) is 0.961. The van der Waals surface area contributed by atoms with Gasteiger partial charge in [0, 0.05) is 35.8 Å². The summed E-state index contributed by atoms with van der Waals surface area (Å²) >= 11 is 0. The smallest absolute Gasteiger partial charge is 0.266 e. The third-order valence-corrected chi connectivity index (χ3v) is 8.88. The largest absolute Gasteiger partial charge is 0.296 e. The summed E-state index contributed by atoms with van der Waals surface area (Å²) in [6, 6.07) is 13.0. The van der Waals surface area contributed by atoms with E-state index < -0.39 is 20.1 Å². The second kappa shape index (κ2) is 10.7. The van der Waals surface area contributed by atoms with E-state index in [1.807, 2.05) is 26.8 Å². The van der Waals surface area contributed by atoms with Crippen LogP contribution in [0.3, 0.4) is 0 Å². The highest BCUT2D eigenvalue weighted by Gasteiger charge is 2.29. The first-order valence-corrected chi connectivity index (χ1v) is 13.8. The second-order valence-electron chi connectivity index (χ2n) is 8.05. The molecule has 0 aliphatic rings. The number of hydrogen-bond donors (Lipinski definition) is 0. The summed E-state index contributed by atoms with van der Waals surface area (Å²) in [5, 5.41) is 1.39. The number of sulfonamides is 1. The molecule has 0 bridgehead atoms. The molecule has 0 N–H and O–H groups in total. The Hall–Kier alpha value is -2.33. The van der Waals surface area contributed by atoms with E-state index in [4.69, 9.17) is 4.18 Å². The molecule has 0 radical (unpaired) electrons. The van der Waals surface area contributed by atoms with Gasteiger partial charge in [0.15, 0.2) is 0 Å². The summed E-state index contributed by atoms with van der Waals surface area (Å²) < 4.78 is 58.5. The van der Waals surface area contributed by atoms with E-state index >= 15 is 0 Å². The van der Waals surface area contributed by atoms with Crippen LogP contribution in [-0.4, -0.2) is 45.3 Å². The van der Waals surface area contributed by atoms with Crippen LogP contribution >= 0.6 is 0 Å². The molecule has 0 amide bonds. The maximum atomic E-state index is 13.6. The maximum absolute atomic E-state index is 13.6. The Labute approximate surface area is 196 Å². The van der Waals surface area contributed by atoms with Gasteiger partial charge in [0.1, 0.15) is 0 Å². The van der Waals surface area contributed by atoms with E-state index in [2.05, 4.69) is 4.98 Å². The number of hydrogen-bond acceptors (Lipinski definition) is 6. The van der Waals surface area contributed by atoms with Crippen molar-refractivity contribution >= 4 is 30.9 Å². The van der Waals surface area contributed by atoms with Crippen molar-refractivity contribution in [3.63, 3.8) is 0 Å². The standard InChI is InChI=1S/C24H30N2O5S2/c1-4-16-26(32(27,28)24-9-5-8-21-18-25-15-14-23(21)24)20(3)7-6-17-31-33(29,30)22-12-10-19(2)11-13-22/h5,8-15,18,20H,4,6-7,16-17H2,1-3H3. The molecule has 33 heavy (non-hydrogen) atoms. The first kappa shape index (κ1) is 25.3. The SMILES string of the molecule is CCCN(C(C)CCCOS(=O)(=O)c1ccc(C)cc1)S(=O)(=O)c1cccc2cnccc12. The predicted molar refractivity (Wildman–Crippen MR) is 129 cm³/mol. The van der Waals surface area contributed by atoms with E-state index in [9.17, 15) is 16.8 Å². The Morgan fingerprint density at radius 1 is 1.03 bits per heavy atom. The minimum atomic E-state index is -3.84. The number of nitrogens with zero attached hydrogens (tertiary/aromatic N) is 2. The number of aromatic nitrogens is 1. The number of fused-ring (bicyclic) bond motifs is 1. The molecule has 0 saturated carbocycles. The van der Waals surface area contributed by atoms with Crippen LogP contribution in [0.4, 0.5) is 0 Å². The molecule has 2 aromatic carbocycles. The molecule has 0 saturated heterocycles. The van der Waals surface area contributed by atoms with Gasteiger partial charge in [0.2, 0.25) is 10.0 Å². The van der Waals surface area contributed by atoms with Crippen molar-refractivity contribution in [2.45, 2.75) is 55.9 Å². The van der Waals surface area contributed by atoms with Crippen molar-refractivity contribution in [1.29, 1.82) is 0 Å². The fraction of sp³-hybridized carbons (Fsp3) is 0.375. The normalized spacial score (nSPS) is 13.5. The summed E-state index contributed by atoms with van der Waals surface area (Å²) in [4.78, 5) is 4.44. The Kier molecular flexibility index (Phi) is 8.23. The quantitative estimate of drug-likeness (QED) is 0.290. The van der Waals surface area contributed by atoms with Gasteiger partial charge in [-0.3, -0.25) is 9.17 Å². The Morgan fingerprint density at radius 2 is 1.76 bits per heavy atom. The average Bonchev–Trinajstić information content (AvgIpc) is 2.80. The van der Waals surface area contributed by atoms with Crippen molar-refractivity contribution in [2.24, 2.45) is 0 Å². The highest BCUT2D eigenvalue weighted by atomic mass is 32.2. The zero-order valence-electron chi connectivity index (χ0n) is 19.1. The zero-order valence-corrected chi connectivity index (χ0v) is 20.8. The van der Waals surface area contributed by atoms with E-state index in [1.165, 1.54) is 16.4 Å². The van der Waals surface area contributed by atoms with Crippen LogP contribution in [0.2, 0.25) is 0 Å². The van der Waals surface area contributed by atoms with Crippen molar-refractivity contribution in [1.82, 2.24) is 9.29 Å². The minimum absolute atomic E-state index is 0.0134. The van der Waals surface area contributed by atoms with Gasteiger partial charge in [-0.2, -0.15) is 12.7 Å². The van der Waals surface area contributed by atoms with Crippen molar-refractivity contribution < 1.29 is 21.0 Å². The minimum Gasteiger partial charge on any atom is -0.266 e. The molecule has 3 rings (SSSR count). The molecule has 3 aromatic rings. The fourth-order valence-corrected chi connectivity index (χ4v) is 6.62. The molecule has 1 aromatic heterocycles. The summed E-state index contributed by atoms with van der Waals surface area (Å²) in [6.45, 7) is 6.01. The lowest BCUT2D eigenvalue weighted by Gasteiger charge is -2.28. The van der Waals surface area contributed by atoms with Crippen molar-refractivity contribution in [2.75, 3.05) is 13.2 Å². The predicted octanol–water partition coefficient (Wildman–Crippen LogP) is 4.52. The average molecular weight is 491 g/mol. The van der Waals surface area contributed by atoms with Gasteiger partial charge < -0.3 is 0 Å². The molecular formula is C24H30N2O5S2. The Morgan fingerprint density at radius 3 is 2.45 bits per heavy atom. The molecule has 0 spiro atoms. The molecule has 0 aliphatic carbocycles. The summed E-state index contributed by atoms with van der Waals surface area (Å²) in [5.74, 6) is 0. The maximum Gasteiger partial charge on any atom is 0.296 e. The van der Waals surface area contributed by atoms with Crippen LogP contribution in [0.15, 0.2) is 70.7 Å². The number of aryl methyl sites for hydroxylation is 1. The molecule has 7 nitrogen and oxygen atoms in total. The number of pyridine rings is 1. The molecule has 178 valence electrons. The highest BCUT2D eigenvalue weighted by Crippen LogP contribution is 2.27. The lowest BCUT2D eigenvalue weighted by molar-refractivity contribution is 0.271. The number of benzene rings is 2. The highest BCUT2D eigenvalue weighted by molar-refractivity contribution is 7.89. The van der Waals surface area contributed by atoms with E-state index in [1.54, 1.807) is 42.7 Å². The first-order valence-electron chi connectivity index (χ1n) is 11.0. The van der Waals surface area contributed by atoms with Crippen molar-refractivity contribution in [3.8, 4) is 0 Å². The van der Waals surface area contributed by atoms with Gasteiger partial charge in [-0.1, -0.05) is 36.8 Å². The van der Waals surface area contributed by atoms with Gasteiger partial charge >= 0.3 is 0 Å². The third-order valence-electron chi connectivity index (χ3n) is 5.48. The molecule has 1 unspecified atom stereocenters. The summed E-state index contributed by atoms with van der Waals surface area (Å²) in [7, 11) is -7.59. The van der Waals surface area contributed by atoms with Crippen molar-refractivity contribution in [3.05, 3.63) is 66.5 Å². The Balaban J connectivity index is 1.70. The molecule has 0 fully saturated rings. The monoisotopic (exact) mass is 490 g/mol. The van der Waals surface area contributed by atoms with Gasteiger partial charge in [-0.25, -0.2) is 8.42 Å². The zero-order chi connectivity index (χ0) is 24.1. The van der Waals surface area contributed by atoms with Gasteiger partial charge in [0.05, 0.1) is 16.4 Å². The van der Waals surface area contributed by atoms with Crippen LogP contribution in [0.1, 0.15) is 38.7 Å². The first-order chi connectivity index (χ1) is 15.7.